The monoisotopic (exact) mass is 377 g/mol. The average Bonchev–Trinajstić information content (AvgIpc) is 3.12. The van der Waals surface area contributed by atoms with Crippen LogP contribution in [0.15, 0.2) is 27.8 Å². The molecule has 1 aromatic rings. The lowest BCUT2D eigenvalue weighted by molar-refractivity contribution is -0.123. The van der Waals surface area contributed by atoms with E-state index in [1.807, 2.05) is 37.2 Å². The number of anilines is 1. The van der Waals surface area contributed by atoms with Crippen LogP contribution in [-0.2, 0) is 4.79 Å². The predicted octanol–water partition coefficient (Wildman–Crippen LogP) is 3.79. The summed E-state index contributed by atoms with van der Waals surface area (Å²) in [6.45, 7) is 2.25. The van der Waals surface area contributed by atoms with Crippen LogP contribution in [0.1, 0.15) is 38.2 Å². The highest BCUT2D eigenvalue weighted by Gasteiger charge is 2.64. The van der Waals surface area contributed by atoms with Crippen LogP contribution in [-0.4, -0.2) is 26.2 Å². The van der Waals surface area contributed by atoms with E-state index in [2.05, 4.69) is 33.4 Å². The Kier molecular flexibility index (Phi) is 4.50. The third-order valence-corrected chi connectivity index (χ3v) is 6.09. The molecule has 1 amide bonds. The van der Waals surface area contributed by atoms with E-state index in [1.54, 1.807) is 6.21 Å². The summed E-state index contributed by atoms with van der Waals surface area (Å²) in [4.78, 5) is 14.4. The van der Waals surface area contributed by atoms with Gasteiger partial charge in [-0.3, -0.25) is 4.79 Å². The zero-order valence-electron chi connectivity index (χ0n) is 14.0. The van der Waals surface area contributed by atoms with Crippen molar-refractivity contribution >= 4 is 33.7 Å². The van der Waals surface area contributed by atoms with Crippen molar-refractivity contribution in [2.24, 2.45) is 22.4 Å². The van der Waals surface area contributed by atoms with Crippen LogP contribution >= 0.6 is 15.9 Å². The molecular weight excluding hydrogens is 354 g/mol. The largest absolute Gasteiger partial charge is 0.377 e. The number of fused-ring (bicyclic) bond motifs is 1. The van der Waals surface area contributed by atoms with E-state index in [4.69, 9.17) is 0 Å². The van der Waals surface area contributed by atoms with Crippen molar-refractivity contribution in [2.75, 3.05) is 19.0 Å². The van der Waals surface area contributed by atoms with Crippen LogP contribution in [0.5, 0.6) is 0 Å². The van der Waals surface area contributed by atoms with Crippen molar-refractivity contribution < 1.29 is 4.79 Å². The summed E-state index contributed by atoms with van der Waals surface area (Å²) in [5.74, 6) is 0.810. The highest BCUT2D eigenvalue weighted by molar-refractivity contribution is 9.10. The van der Waals surface area contributed by atoms with Crippen molar-refractivity contribution in [1.29, 1.82) is 0 Å². The lowest BCUT2D eigenvalue weighted by Crippen LogP contribution is -2.22. The zero-order chi connectivity index (χ0) is 16.6. The molecule has 2 saturated carbocycles. The third kappa shape index (κ3) is 3.16. The molecule has 2 aliphatic carbocycles. The van der Waals surface area contributed by atoms with Gasteiger partial charge in [-0.2, -0.15) is 5.10 Å². The minimum Gasteiger partial charge on any atom is -0.377 e. The standard InChI is InChI=1S/C18H24BrN3O/c1-18-9-5-4-6-13(18)16(18)17(23)21-20-11-12-7-8-15(22(2)3)14(19)10-12/h7-8,10-11,13,16H,4-6,9H2,1-3H3,(H,21,23)/b20-11-/t13-,16-,18+/m0/s1. The molecular formula is C18H24BrN3O. The van der Waals surface area contributed by atoms with Crippen molar-refractivity contribution in [1.82, 2.24) is 5.43 Å². The molecule has 1 N–H and O–H groups in total. The van der Waals surface area contributed by atoms with Gasteiger partial charge in [0.05, 0.1) is 11.9 Å². The lowest BCUT2D eigenvalue weighted by Gasteiger charge is -2.15. The first-order valence-corrected chi connectivity index (χ1v) is 9.02. The fraction of sp³-hybridized carbons (Fsp3) is 0.556. The first-order valence-electron chi connectivity index (χ1n) is 8.23. The smallest absolute Gasteiger partial charge is 0.244 e. The average molecular weight is 378 g/mol. The van der Waals surface area contributed by atoms with Gasteiger partial charge in [0.1, 0.15) is 0 Å². The van der Waals surface area contributed by atoms with Crippen LogP contribution in [0.25, 0.3) is 0 Å². The number of hydrazone groups is 1. The van der Waals surface area contributed by atoms with Crippen molar-refractivity contribution in [3.05, 3.63) is 28.2 Å². The fourth-order valence-corrected chi connectivity index (χ4v) is 4.81. The van der Waals surface area contributed by atoms with Gasteiger partial charge in [-0.1, -0.05) is 25.8 Å². The summed E-state index contributed by atoms with van der Waals surface area (Å²) < 4.78 is 1.01. The topological polar surface area (TPSA) is 44.7 Å². The van der Waals surface area contributed by atoms with Gasteiger partial charge in [-0.25, -0.2) is 5.43 Å². The molecule has 1 aromatic carbocycles. The van der Waals surface area contributed by atoms with Crippen LogP contribution < -0.4 is 10.3 Å². The number of benzene rings is 1. The van der Waals surface area contributed by atoms with E-state index in [-0.39, 0.29) is 17.2 Å². The summed E-state index contributed by atoms with van der Waals surface area (Å²) in [5, 5.41) is 4.15. The maximum absolute atomic E-state index is 12.3. The number of carbonyl (C=O) groups excluding carboxylic acids is 1. The molecule has 3 atom stereocenters. The summed E-state index contributed by atoms with van der Waals surface area (Å²) in [6.07, 6.45) is 6.60. The fourth-order valence-electron chi connectivity index (χ4n) is 4.06. The predicted molar refractivity (Wildman–Crippen MR) is 97.8 cm³/mol. The van der Waals surface area contributed by atoms with Gasteiger partial charge in [0.2, 0.25) is 5.91 Å². The number of amides is 1. The highest BCUT2D eigenvalue weighted by atomic mass is 79.9. The molecule has 3 rings (SSSR count). The van der Waals surface area contributed by atoms with E-state index in [1.165, 1.54) is 25.7 Å². The number of hydrogen-bond donors (Lipinski definition) is 1. The van der Waals surface area contributed by atoms with E-state index < -0.39 is 0 Å². The molecule has 2 aliphatic rings. The number of halogens is 1. The minimum absolute atomic E-state index is 0.0830. The number of carbonyl (C=O) groups is 1. The Hall–Kier alpha value is -1.36. The zero-order valence-corrected chi connectivity index (χ0v) is 15.6. The molecule has 0 bridgehead atoms. The Morgan fingerprint density at radius 2 is 2.22 bits per heavy atom. The van der Waals surface area contributed by atoms with Gasteiger partial charge < -0.3 is 4.90 Å². The molecule has 23 heavy (non-hydrogen) atoms. The maximum Gasteiger partial charge on any atom is 0.244 e. The Bertz CT molecular complexity index is 643. The normalized spacial score (nSPS) is 29.2. The third-order valence-electron chi connectivity index (χ3n) is 5.46. The van der Waals surface area contributed by atoms with E-state index in [0.717, 1.165) is 15.7 Å². The number of rotatable bonds is 4. The van der Waals surface area contributed by atoms with E-state index in [9.17, 15) is 4.79 Å². The molecule has 2 fully saturated rings. The van der Waals surface area contributed by atoms with Gasteiger partial charge in [0.25, 0.3) is 0 Å². The molecule has 0 spiro atoms. The second-order valence-corrected chi connectivity index (χ2v) is 8.03. The Labute approximate surface area is 146 Å². The maximum atomic E-state index is 12.3. The Morgan fingerprint density at radius 1 is 1.43 bits per heavy atom. The first kappa shape index (κ1) is 16.5. The summed E-state index contributed by atoms with van der Waals surface area (Å²) in [5.41, 5.74) is 5.04. The molecule has 0 saturated heterocycles. The molecule has 124 valence electrons. The van der Waals surface area contributed by atoms with Crippen LogP contribution in [0, 0.1) is 17.3 Å². The Morgan fingerprint density at radius 3 is 2.83 bits per heavy atom. The number of nitrogens with one attached hydrogen (secondary N) is 1. The lowest BCUT2D eigenvalue weighted by atomic mass is 9.90. The first-order chi connectivity index (χ1) is 10.9. The van der Waals surface area contributed by atoms with Gasteiger partial charge in [-0.15, -0.1) is 0 Å². The molecule has 0 aliphatic heterocycles. The second-order valence-electron chi connectivity index (χ2n) is 7.18. The van der Waals surface area contributed by atoms with Crippen molar-refractivity contribution in [3.8, 4) is 0 Å². The quantitative estimate of drug-likeness (QED) is 0.640. The van der Waals surface area contributed by atoms with Crippen LogP contribution in [0.3, 0.4) is 0 Å². The molecule has 0 unspecified atom stereocenters. The van der Waals surface area contributed by atoms with Crippen LogP contribution in [0.2, 0.25) is 0 Å². The van der Waals surface area contributed by atoms with Gasteiger partial charge in [0.15, 0.2) is 0 Å². The SMILES string of the molecule is CN(C)c1ccc(/C=N\NC(=O)[C@@H]2[C@@H]3CCCC[C@@]23C)cc1Br. The number of nitrogens with zero attached hydrogens (tertiary/aromatic N) is 2. The highest BCUT2D eigenvalue weighted by Crippen LogP contribution is 2.66. The molecule has 0 radical (unpaired) electrons. The molecule has 0 aromatic heterocycles. The van der Waals surface area contributed by atoms with Gasteiger partial charge in [0, 0.05) is 24.5 Å². The van der Waals surface area contributed by atoms with Crippen molar-refractivity contribution in [3.63, 3.8) is 0 Å². The van der Waals surface area contributed by atoms with Gasteiger partial charge >= 0.3 is 0 Å². The molecule has 5 heteroatoms. The number of hydrogen-bond acceptors (Lipinski definition) is 3. The van der Waals surface area contributed by atoms with Gasteiger partial charge in [-0.05, 0) is 57.8 Å². The summed E-state index contributed by atoms with van der Waals surface area (Å²) in [7, 11) is 4.01. The van der Waals surface area contributed by atoms with Crippen molar-refractivity contribution in [2.45, 2.75) is 32.6 Å². The van der Waals surface area contributed by atoms with E-state index >= 15 is 0 Å². The second kappa shape index (κ2) is 6.27. The Balaban J connectivity index is 1.59. The summed E-state index contributed by atoms with van der Waals surface area (Å²) in [6, 6.07) is 6.03. The molecule has 4 nitrogen and oxygen atoms in total. The minimum atomic E-state index is 0.0830. The van der Waals surface area contributed by atoms with Crippen LogP contribution in [0.4, 0.5) is 5.69 Å². The summed E-state index contributed by atoms with van der Waals surface area (Å²) >= 11 is 3.56. The van der Waals surface area contributed by atoms with E-state index in [0.29, 0.717) is 5.92 Å². The molecule has 0 heterocycles.